The Labute approximate surface area is 165 Å². The zero-order chi connectivity index (χ0) is 19.9. The number of ether oxygens (including phenoxy) is 2. The van der Waals surface area contributed by atoms with Gasteiger partial charge in [-0.25, -0.2) is 0 Å². The monoisotopic (exact) mass is 382 g/mol. The number of hydrogen-bond acceptors (Lipinski definition) is 4. The van der Waals surface area contributed by atoms with E-state index >= 15 is 0 Å². The van der Waals surface area contributed by atoms with Crippen LogP contribution in [0.15, 0.2) is 42.5 Å². The maximum absolute atomic E-state index is 13.0. The van der Waals surface area contributed by atoms with E-state index in [9.17, 15) is 9.59 Å². The van der Waals surface area contributed by atoms with Crippen molar-refractivity contribution >= 4 is 17.5 Å². The minimum absolute atomic E-state index is 0.0459. The van der Waals surface area contributed by atoms with Gasteiger partial charge in [0, 0.05) is 13.1 Å². The lowest BCUT2D eigenvalue weighted by molar-refractivity contribution is 0.0762. The first-order valence-electron chi connectivity index (χ1n) is 9.56. The Hall–Kier alpha value is -3.02. The van der Waals surface area contributed by atoms with Crippen molar-refractivity contribution in [1.29, 1.82) is 0 Å². The lowest BCUT2D eigenvalue weighted by Crippen LogP contribution is -2.32. The Morgan fingerprint density at radius 2 is 1.54 bits per heavy atom. The number of benzene rings is 2. The molecule has 148 valence electrons. The van der Waals surface area contributed by atoms with Crippen LogP contribution < -0.4 is 14.8 Å². The van der Waals surface area contributed by atoms with Gasteiger partial charge in [-0.3, -0.25) is 9.59 Å². The molecule has 2 aromatic rings. The van der Waals surface area contributed by atoms with Crippen molar-refractivity contribution in [2.75, 3.05) is 32.6 Å². The molecular weight excluding hydrogens is 356 g/mol. The summed E-state index contributed by atoms with van der Waals surface area (Å²) >= 11 is 0. The summed E-state index contributed by atoms with van der Waals surface area (Å²) in [6.45, 7) is 1.51. The summed E-state index contributed by atoms with van der Waals surface area (Å²) < 4.78 is 10.6. The third-order valence-electron chi connectivity index (χ3n) is 4.95. The van der Waals surface area contributed by atoms with Crippen molar-refractivity contribution < 1.29 is 19.1 Å². The van der Waals surface area contributed by atoms with Crippen LogP contribution >= 0.6 is 0 Å². The van der Waals surface area contributed by atoms with Gasteiger partial charge in [-0.05, 0) is 37.1 Å². The largest absolute Gasteiger partial charge is 0.493 e. The van der Waals surface area contributed by atoms with Crippen LogP contribution in [-0.2, 0) is 0 Å². The molecule has 0 spiro atoms. The fraction of sp³-hybridized carbons (Fsp3) is 0.364. The van der Waals surface area contributed by atoms with Crippen LogP contribution in [0, 0.1) is 0 Å². The molecule has 1 heterocycles. The van der Waals surface area contributed by atoms with E-state index < -0.39 is 0 Å². The molecule has 2 amide bonds. The lowest BCUT2D eigenvalue weighted by Gasteiger charge is -2.22. The highest BCUT2D eigenvalue weighted by atomic mass is 16.5. The van der Waals surface area contributed by atoms with Crippen LogP contribution in [0.1, 0.15) is 46.4 Å². The molecule has 6 nitrogen and oxygen atoms in total. The quantitative estimate of drug-likeness (QED) is 0.850. The summed E-state index contributed by atoms with van der Waals surface area (Å²) in [7, 11) is 3.01. The Morgan fingerprint density at radius 3 is 2.21 bits per heavy atom. The summed E-state index contributed by atoms with van der Waals surface area (Å²) in [6.07, 6.45) is 4.33. The number of amides is 2. The molecule has 0 unspecified atom stereocenters. The van der Waals surface area contributed by atoms with E-state index in [0.717, 1.165) is 38.8 Å². The van der Waals surface area contributed by atoms with Crippen molar-refractivity contribution in [1.82, 2.24) is 4.90 Å². The van der Waals surface area contributed by atoms with E-state index in [0.29, 0.717) is 28.3 Å². The fourth-order valence-corrected chi connectivity index (χ4v) is 3.48. The van der Waals surface area contributed by atoms with Gasteiger partial charge in [-0.1, -0.05) is 31.0 Å². The summed E-state index contributed by atoms with van der Waals surface area (Å²) in [5.41, 5.74) is 1.34. The Bertz CT molecular complexity index is 842. The third kappa shape index (κ3) is 4.27. The van der Waals surface area contributed by atoms with E-state index in [2.05, 4.69) is 5.32 Å². The molecule has 2 aromatic carbocycles. The standard InChI is InChI=1S/C22H26N2O4/c1-27-19-13-9-11-17(20(19)28-2)21(25)23-18-12-6-5-10-16(18)22(26)24-14-7-3-4-8-15-24/h5-6,9-13H,3-4,7-8,14-15H2,1-2H3,(H,23,25). The van der Waals surface area contributed by atoms with Crippen molar-refractivity contribution in [3.8, 4) is 11.5 Å². The lowest BCUT2D eigenvalue weighted by atomic mass is 10.1. The summed E-state index contributed by atoms with van der Waals surface area (Å²) in [4.78, 5) is 27.8. The molecule has 0 aromatic heterocycles. The van der Waals surface area contributed by atoms with E-state index in [4.69, 9.17) is 9.47 Å². The van der Waals surface area contributed by atoms with Crippen molar-refractivity contribution in [2.24, 2.45) is 0 Å². The molecule has 1 fully saturated rings. The van der Waals surface area contributed by atoms with Crippen LogP contribution in [0.25, 0.3) is 0 Å². The maximum Gasteiger partial charge on any atom is 0.259 e. The molecule has 3 rings (SSSR count). The zero-order valence-electron chi connectivity index (χ0n) is 16.4. The molecule has 0 radical (unpaired) electrons. The minimum Gasteiger partial charge on any atom is -0.493 e. The molecule has 1 N–H and O–H groups in total. The van der Waals surface area contributed by atoms with E-state index in [1.165, 1.54) is 14.2 Å². The molecule has 1 aliphatic heterocycles. The van der Waals surface area contributed by atoms with Crippen LogP contribution in [0.3, 0.4) is 0 Å². The number of para-hydroxylation sites is 2. The average Bonchev–Trinajstić information content (AvgIpc) is 3.02. The number of anilines is 1. The van der Waals surface area contributed by atoms with E-state index in [1.807, 2.05) is 11.0 Å². The van der Waals surface area contributed by atoms with Gasteiger partial charge >= 0.3 is 0 Å². The predicted octanol–water partition coefficient (Wildman–Crippen LogP) is 3.97. The fourth-order valence-electron chi connectivity index (χ4n) is 3.48. The second-order valence-electron chi connectivity index (χ2n) is 6.75. The van der Waals surface area contributed by atoms with Crippen LogP contribution in [0.4, 0.5) is 5.69 Å². The topological polar surface area (TPSA) is 67.9 Å². The molecule has 1 aliphatic rings. The van der Waals surface area contributed by atoms with Crippen molar-refractivity contribution in [2.45, 2.75) is 25.7 Å². The highest BCUT2D eigenvalue weighted by Gasteiger charge is 2.22. The van der Waals surface area contributed by atoms with Gasteiger partial charge in [0.05, 0.1) is 31.0 Å². The maximum atomic E-state index is 13.0. The van der Waals surface area contributed by atoms with Gasteiger partial charge in [-0.15, -0.1) is 0 Å². The number of carbonyl (C=O) groups excluding carboxylic acids is 2. The summed E-state index contributed by atoms with van der Waals surface area (Å²) in [5.74, 6) is 0.435. The summed E-state index contributed by atoms with van der Waals surface area (Å²) in [6, 6.07) is 12.2. The van der Waals surface area contributed by atoms with Gasteiger partial charge in [0.15, 0.2) is 11.5 Å². The van der Waals surface area contributed by atoms with Gasteiger partial charge in [0.25, 0.3) is 11.8 Å². The summed E-state index contributed by atoms with van der Waals surface area (Å²) in [5, 5.41) is 2.87. The second kappa shape index (κ2) is 9.26. The number of carbonyl (C=O) groups is 2. The first-order valence-corrected chi connectivity index (χ1v) is 9.56. The van der Waals surface area contributed by atoms with Gasteiger partial charge < -0.3 is 19.7 Å². The van der Waals surface area contributed by atoms with E-state index in [-0.39, 0.29) is 11.8 Å². The van der Waals surface area contributed by atoms with Gasteiger partial charge in [-0.2, -0.15) is 0 Å². The van der Waals surface area contributed by atoms with Crippen molar-refractivity contribution in [3.05, 3.63) is 53.6 Å². The molecule has 1 saturated heterocycles. The predicted molar refractivity (Wildman–Crippen MR) is 108 cm³/mol. The Kier molecular flexibility index (Phi) is 6.53. The van der Waals surface area contributed by atoms with Gasteiger partial charge in [0.1, 0.15) is 0 Å². The first-order chi connectivity index (χ1) is 13.7. The number of nitrogens with one attached hydrogen (secondary N) is 1. The SMILES string of the molecule is COc1cccc(C(=O)Nc2ccccc2C(=O)N2CCCCCC2)c1OC. The number of likely N-dealkylation sites (tertiary alicyclic amines) is 1. The molecule has 0 saturated carbocycles. The normalized spacial score (nSPS) is 14.1. The second-order valence-corrected chi connectivity index (χ2v) is 6.75. The molecule has 28 heavy (non-hydrogen) atoms. The molecule has 0 bridgehead atoms. The number of rotatable bonds is 5. The zero-order valence-corrected chi connectivity index (χ0v) is 16.4. The Balaban J connectivity index is 1.86. The highest BCUT2D eigenvalue weighted by Crippen LogP contribution is 2.31. The van der Waals surface area contributed by atoms with E-state index in [1.54, 1.807) is 36.4 Å². The van der Waals surface area contributed by atoms with Crippen LogP contribution in [0.5, 0.6) is 11.5 Å². The third-order valence-corrected chi connectivity index (χ3v) is 4.95. The number of methoxy groups -OCH3 is 2. The van der Waals surface area contributed by atoms with Gasteiger partial charge in [0.2, 0.25) is 0 Å². The molecule has 6 heteroatoms. The molecular formula is C22H26N2O4. The minimum atomic E-state index is -0.355. The van der Waals surface area contributed by atoms with Crippen LogP contribution in [-0.4, -0.2) is 44.0 Å². The smallest absolute Gasteiger partial charge is 0.259 e. The average molecular weight is 382 g/mol. The van der Waals surface area contributed by atoms with Crippen molar-refractivity contribution in [3.63, 3.8) is 0 Å². The first kappa shape index (κ1) is 19.7. The highest BCUT2D eigenvalue weighted by molar-refractivity contribution is 6.10. The number of hydrogen-bond donors (Lipinski definition) is 1. The Morgan fingerprint density at radius 1 is 0.857 bits per heavy atom. The number of nitrogens with zero attached hydrogens (tertiary/aromatic N) is 1. The molecule has 0 aliphatic carbocycles. The van der Waals surface area contributed by atoms with Crippen LogP contribution in [0.2, 0.25) is 0 Å². The molecule has 0 atom stereocenters.